The molecule has 7 nitrogen and oxygen atoms in total. The Balaban J connectivity index is 1.21. The SMILES string of the molecule is O=C(O)C[C@H]1CC[C@@H](Oc2ccc(C(=O)NCCNC(=O)c3ccc4sccc4c3)c(F)c2)CC1. The quantitative estimate of drug-likeness (QED) is 0.374. The summed E-state index contributed by atoms with van der Waals surface area (Å²) in [4.78, 5) is 35.5. The molecule has 4 rings (SSSR count). The first-order valence-corrected chi connectivity index (χ1v) is 12.5. The number of benzene rings is 2. The van der Waals surface area contributed by atoms with Crippen LogP contribution in [0.3, 0.4) is 0 Å². The third-order valence-electron chi connectivity index (χ3n) is 6.16. The molecule has 0 unspecified atom stereocenters. The standard InChI is InChI=1S/C26H27FN2O5S/c27-22-15-20(34-19-4-1-16(2-5-19)13-24(30)31)6-7-21(22)26(33)29-11-10-28-25(32)18-3-8-23-17(14-18)9-12-35-23/h3,6-9,12,14-16,19H,1-2,4-5,10-11,13H2,(H,28,32)(H,29,33)(H,30,31)/t16-,19+. The molecule has 0 saturated heterocycles. The summed E-state index contributed by atoms with van der Waals surface area (Å²) in [5, 5.41) is 17.2. The van der Waals surface area contributed by atoms with Crippen LogP contribution in [0.15, 0.2) is 47.8 Å². The van der Waals surface area contributed by atoms with Crippen LogP contribution in [0.4, 0.5) is 4.39 Å². The van der Waals surface area contributed by atoms with Crippen LogP contribution in [0.1, 0.15) is 52.8 Å². The number of nitrogens with one attached hydrogen (secondary N) is 2. The zero-order valence-corrected chi connectivity index (χ0v) is 19.9. The van der Waals surface area contributed by atoms with Gasteiger partial charge in [0, 0.05) is 35.8 Å². The number of aliphatic carboxylic acids is 1. The molecule has 1 heterocycles. The van der Waals surface area contributed by atoms with E-state index in [1.807, 2.05) is 23.6 Å². The summed E-state index contributed by atoms with van der Waals surface area (Å²) < 4.78 is 21.5. The smallest absolute Gasteiger partial charge is 0.303 e. The summed E-state index contributed by atoms with van der Waals surface area (Å²) in [6, 6.07) is 11.6. The first-order chi connectivity index (χ1) is 16.9. The van der Waals surface area contributed by atoms with Crippen LogP contribution in [-0.2, 0) is 4.79 Å². The maximum absolute atomic E-state index is 14.5. The topological polar surface area (TPSA) is 105 Å². The van der Waals surface area contributed by atoms with E-state index in [0.717, 1.165) is 22.9 Å². The lowest BCUT2D eigenvalue weighted by molar-refractivity contribution is -0.138. The molecular formula is C26H27FN2O5S. The highest BCUT2D eigenvalue weighted by Gasteiger charge is 2.24. The molecule has 1 aliphatic rings. The summed E-state index contributed by atoms with van der Waals surface area (Å²) in [5.41, 5.74) is 0.441. The van der Waals surface area contributed by atoms with Crippen LogP contribution in [0.5, 0.6) is 5.75 Å². The lowest BCUT2D eigenvalue weighted by Crippen LogP contribution is -2.35. The third kappa shape index (κ3) is 6.57. The van der Waals surface area contributed by atoms with Crippen LogP contribution in [0.25, 0.3) is 10.1 Å². The molecule has 1 aliphatic carbocycles. The number of carboxylic acid groups (broad SMARTS) is 1. The molecule has 35 heavy (non-hydrogen) atoms. The van der Waals surface area contributed by atoms with E-state index in [2.05, 4.69) is 10.6 Å². The fourth-order valence-corrected chi connectivity index (χ4v) is 5.07. The Morgan fingerprint density at radius 1 is 0.971 bits per heavy atom. The van der Waals surface area contributed by atoms with Crippen LogP contribution >= 0.6 is 11.3 Å². The number of rotatable bonds is 9. The average molecular weight is 499 g/mol. The van der Waals surface area contributed by atoms with Crippen molar-refractivity contribution in [1.82, 2.24) is 10.6 Å². The highest BCUT2D eigenvalue weighted by molar-refractivity contribution is 7.17. The van der Waals surface area contributed by atoms with Crippen molar-refractivity contribution in [1.29, 1.82) is 0 Å². The molecule has 1 fully saturated rings. The van der Waals surface area contributed by atoms with Crippen LogP contribution in [0, 0.1) is 11.7 Å². The highest BCUT2D eigenvalue weighted by Crippen LogP contribution is 2.30. The minimum Gasteiger partial charge on any atom is -0.490 e. The number of thiophene rings is 1. The van der Waals surface area contributed by atoms with Gasteiger partial charge in [0.1, 0.15) is 11.6 Å². The fraction of sp³-hybridized carbons (Fsp3) is 0.346. The van der Waals surface area contributed by atoms with Gasteiger partial charge < -0.3 is 20.5 Å². The zero-order chi connectivity index (χ0) is 24.8. The molecule has 1 saturated carbocycles. The number of carboxylic acids is 1. The molecule has 0 radical (unpaired) electrons. The van der Waals surface area contributed by atoms with E-state index in [1.165, 1.54) is 12.1 Å². The van der Waals surface area contributed by atoms with Crippen LogP contribution in [0.2, 0.25) is 0 Å². The summed E-state index contributed by atoms with van der Waals surface area (Å²) >= 11 is 1.61. The van der Waals surface area contributed by atoms with Crippen molar-refractivity contribution in [3.63, 3.8) is 0 Å². The normalized spacial score (nSPS) is 17.6. The lowest BCUT2D eigenvalue weighted by Gasteiger charge is -2.28. The van der Waals surface area contributed by atoms with Gasteiger partial charge in [0.25, 0.3) is 11.8 Å². The minimum atomic E-state index is -0.788. The van der Waals surface area contributed by atoms with Gasteiger partial charge in [-0.25, -0.2) is 4.39 Å². The van der Waals surface area contributed by atoms with Crippen molar-refractivity contribution in [2.45, 2.75) is 38.2 Å². The molecule has 2 amide bonds. The van der Waals surface area contributed by atoms with Crippen molar-refractivity contribution in [3.8, 4) is 5.75 Å². The number of halogens is 1. The van der Waals surface area contributed by atoms with Crippen molar-refractivity contribution in [3.05, 3.63) is 64.8 Å². The zero-order valence-electron chi connectivity index (χ0n) is 19.1. The van der Waals surface area contributed by atoms with Crippen molar-refractivity contribution >= 4 is 39.2 Å². The number of hydrogen-bond acceptors (Lipinski definition) is 5. The summed E-state index contributed by atoms with van der Waals surface area (Å²) in [5.74, 6) is -1.79. The van der Waals surface area contributed by atoms with Crippen molar-refractivity contribution in [2.75, 3.05) is 13.1 Å². The maximum atomic E-state index is 14.5. The Labute approximate surface area is 206 Å². The monoisotopic (exact) mass is 498 g/mol. The third-order valence-corrected chi connectivity index (χ3v) is 7.05. The minimum absolute atomic E-state index is 0.0943. The fourth-order valence-electron chi connectivity index (χ4n) is 4.30. The largest absolute Gasteiger partial charge is 0.490 e. The van der Waals surface area contributed by atoms with Gasteiger partial charge in [-0.3, -0.25) is 14.4 Å². The molecule has 9 heteroatoms. The summed E-state index contributed by atoms with van der Waals surface area (Å²) in [7, 11) is 0. The van der Waals surface area contributed by atoms with Crippen LogP contribution in [-0.4, -0.2) is 42.1 Å². The van der Waals surface area contributed by atoms with Crippen LogP contribution < -0.4 is 15.4 Å². The molecule has 1 aromatic heterocycles. The number of fused-ring (bicyclic) bond motifs is 1. The molecule has 0 aliphatic heterocycles. The number of carbonyl (C=O) groups excluding carboxylic acids is 2. The van der Waals surface area contributed by atoms with E-state index in [4.69, 9.17) is 9.84 Å². The van der Waals surface area contributed by atoms with Gasteiger partial charge >= 0.3 is 5.97 Å². The van der Waals surface area contributed by atoms with E-state index in [1.54, 1.807) is 23.5 Å². The van der Waals surface area contributed by atoms with Gasteiger partial charge in [-0.05, 0) is 78.8 Å². The summed E-state index contributed by atoms with van der Waals surface area (Å²) in [6.45, 7) is 0.363. The second kappa shape index (κ2) is 11.3. The molecule has 3 aromatic rings. The van der Waals surface area contributed by atoms with Gasteiger partial charge in [-0.15, -0.1) is 11.3 Å². The van der Waals surface area contributed by atoms with E-state index >= 15 is 0 Å². The predicted octanol–water partition coefficient (Wildman–Crippen LogP) is 4.61. The number of carbonyl (C=O) groups is 3. The van der Waals surface area contributed by atoms with Gasteiger partial charge in [0.2, 0.25) is 0 Å². The predicted molar refractivity (Wildman–Crippen MR) is 132 cm³/mol. The molecule has 0 bridgehead atoms. The average Bonchev–Trinajstić information content (AvgIpc) is 3.30. The Bertz CT molecular complexity index is 1220. The van der Waals surface area contributed by atoms with E-state index in [-0.39, 0.29) is 43.0 Å². The van der Waals surface area contributed by atoms with Gasteiger partial charge in [0.15, 0.2) is 0 Å². The van der Waals surface area contributed by atoms with Crippen molar-refractivity contribution in [2.24, 2.45) is 5.92 Å². The molecule has 184 valence electrons. The number of hydrogen-bond donors (Lipinski definition) is 3. The number of amides is 2. The van der Waals surface area contributed by atoms with Crippen molar-refractivity contribution < 1.29 is 28.6 Å². The highest BCUT2D eigenvalue weighted by atomic mass is 32.1. The van der Waals surface area contributed by atoms with Gasteiger partial charge in [-0.2, -0.15) is 0 Å². The van der Waals surface area contributed by atoms with Gasteiger partial charge in [-0.1, -0.05) is 0 Å². The Morgan fingerprint density at radius 3 is 2.43 bits per heavy atom. The second-order valence-electron chi connectivity index (χ2n) is 8.69. The second-order valence-corrected chi connectivity index (χ2v) is 9.63. The van der Waals surface area contributed by atoms with Gasteiger partial charge in [0.05, 0.1) is 11.7 Å². The summed E-state index contributed by atoms with van der Waals surface area (Å²) in [6.07, 6.45) is 3.03. The maximum Gasteiger partial charge on any atom is 0.303 e. The first kappa shape index (κ1) is 24.7. The van der Waals surface area contributed by atoms with E-state index in [9.17, 15) is 18.8 Å². The lowest BCUT2D eigenvalue weighted by atomic mass is 9.85. The first-order valence-electron chi connectivity index (χ1n) is 11.6. The number of ether oxygens (including phenoxy) is 1. The van der Waals surface area contributed by atoms with E-state index < -0.39 is 17.7 Å². The Kier molecular flexibility index (Phi) is 7.97. The molecule has 3 N–H and O–H groups in total. The molecular weight excluding hydrogens is 471 g/mol. The van der Waals surface area contributed by atoms with E-state index in [0.29, 0.717) is 24.2 Å². The Hall–Kier alpha value is -3.46. The Morgan fingerprint density at radius 2 is 1.71 bits per heavy atom. The molecule has 0 atom stereocenters. The molecule has 0 spiro atoms. The molecule has 2 aromatic carbocycles.